The van der Waals surface area contributed by atoms with Crippen molar-refractivity contribution in [3.8, 4) is 0 Å². The molecule has 0 radical (unpaired) electrons. The number of carbonyl (C=O) groups excluding carboxylic acids is 2. The summed E-state index contributed by atoms with van der Waals surface area (Å²) in [7, 11) is 0. The topological polar surface area (TPSA) is 58.2 Å². The molecule has 1 fully saturated rings. The number of carbonyl (C=O) groups is 2. The van der Waals surface area contributed by atoms with Crippen molar-refractivity contribution >= 4 is 17.5 Å². The lowest BCUT2D eigenvalue weighted by Crippen LogP contribution is -2.36. The number of hydrogen-bond acceptors (Lipinski definition) is 2. The molecule has 0 heterocycles. The third-order valence-electron chi connectivity index (χ3n) is 5.21. The van der Waals surface area contributed by atoms with E-state index in [4.69, 9.17) is 0 Å². The highest BCUT2D eigenvalue weighted by Gasteiger charge is 2.29. The fourth-order valence-corrected chi connectivity index (χ4v) is 3.56. The molecule has 4 nitrogen and oxygen atoms in total. The molecular weight excluding hydrogens is 362 g/mol. The van der Waals surface area contributed by atoms with Crippen molar-refractivity contribution in [2.45, 2.75) is 32.1 Å². The second kappa shape index (κ2) is 9.44. The minimum Gasteiger partial charge on any atom is -0.356 e. The van der Waals surface area contributed by atoms with Crippen LogP contribution >= 0.6 is 0 Å². The molecule has 28 heavy (non-hydrogen) atoms. The fraction of sp³-hybridized carbons (Fsp3) is 0.364. The van der Waals surface area contributed by atoms with E-state index in [1.165, 1.54) is 11.6 Å². The van der Waals surface area contributed by atoms with Crippen LogP contribution in [0.5, 0.6) is 0 Å². The number of benzene rings is 2. The Labute approximate surface area is 163 Å². The summed E-state index contributed by atoms with van der Waals surface area (Å²) >= 11 is 0. The average Bonchev–Trinajstić information content (AvgIpc) is 2.71. The van der Waals surface area contributed by atoms with Crippen LogP contribution in [0.2, 0.25) is 0 Å². The number of nitrogens with one attached hydrogen (secondary N) is 2. The molecule has 0 saturated heterocycles. The van der Waals surface area contributed by atoms with E-state index >= 15 is 0 Å². The van der Waals surface area contributed by atoms with Gasteiger partial charge in [-0.1, -0.05) is 30.3 Å². The molecule has 1 aliphatic carbocycles. The first-order valence-electron chi connectivity index (χ1n) is 9.60. The summed E-state index contributed by atoms with van der Waals surface area (Å²) in [4.78, 5) is 24.7. The second-order valence-electron chi connectivity index (χ2n) is 7.19. The summed E-state index contributed by atoms with van der Waals surface area (Å²) in [5, 5.41) is 5.61. The second-order valence-corrected chi connectivity index (χ2v) is 7.19. The third kappa shape index (κ3) is 5.38. The molecule has 0 spiro atoms. The molecule has 1 aliphatic rings. The Morgan fingerprint density at radius 2 is 1.50 bits per heavy atom. The molecular formula is C22H24F2N2O2. The van der Waals surface area contributed by atoms with Crippen LogP contribution in [0.4, 0.5) is 14.5 Å². The van der Waals surface area contributed by atoms with E-state index in [0.717, 1.165) is 18.6 Å². The number of hydrogen-bond donors (Lipinski definition) is 2. The first-order chi connectivity index (χ1) is 13.5. The van der Waals surface area contributed by atoms with Gasteiger partial charge in [-0.25, -0.2) is 8.78 Å². The number of anilines is 1. The van der Waals surface area contributed by atoms with E-state index in [2.05, 4.69) is 10.6 Å². The van der Waals surface area contributed by atoms with Crippen LogP contribution in [0.3, 0.4) is 0 Å². The lowest BCUT2D eigenvalue weighted by atomic mass is 9.81. The zero-order valence-corrected chi connectivity index (χ0v) is 15.6. The highest BCUT2D eigenvalue weighted by Crippen LogP contribution is 2.30. The van der Waals surface area contributed by atoms with Crippen LogP contribution in [0.15, 0.2) is 48.5 Å². The van der Waals surface area contributed by atoms with Gasteiger partial charge in [0.2, 0.25) is 11.8 Å². The lowest BCUT2D eigenvalue weighted by molar-refractivity contribution is -0.128. The first kappa shape index (κ1) is 20.0. The molecule has 6 heteroatoms. The largest absolute Gasteiger partial charge is 0.356 e. The summed E-state index contributed by atoms with van der Waals surface area (Å²) in [6.07, 6.45) is 3.29. The first-order valence-corrected chi connectivity index (χ1v) is 9.60. The normalized spacial score (nSPS) is 19.1. The van der Waals surface area contributed by atoms with Crippen molar-refractivity contribution in [1.29, 1.82) is 0 Å². The van der Waals surface area contributed by atoms with Crippen LogP contribution in [-0.4, -0.2) is 18.4 Å². The van der Waals surface area contributed by atoms with Gasteiger partial charge in [0.25, 0.3) is 0 Å². The predicted octanol–water partition coefficient (Wildman–Crippen LogP) is 4.07. The smallest absolute Gasteiger partial charge is 0.227 e. The Bertz CT molecular complexity index is 819. The molecule has 2 aromatic rings. The van der Waals surface area contributed by atoms with Gasteiger partial charge in [-0.2, -0.15) is 0 Å². The number of rotatable bonds is 6. The van der Waals surface area contributed by atoms with Crippen molar-refractivity contribution in [3.63, 3.8) is 0 Å². The van der Waals surface area contributed by atoms with Crippen LogP contribution in [0, 0.1) is 23.5 Å². The standard InChI is InChI=1S/C22H24F2N2O2/c23-19-11-10-18(14-20(19)24)26-22(28)17-8-6-16(7-9-17)21(27)25-13-12-15-4-2-1-3-5-15/h1-5,10-11,14,16-17H,6-9,12-13H2,(H,25,27)(H,26,28). The maximum Gasteiger partial charge on any atom is 0.227 e. The molecule has 0 aliphatic heterocycles. The highest BCUT2D eigenvalue weighted by atomic mass is 19.2. The summed E-state index contributed by atoms with van der Waals surface area (Å²) in [6, 6.07) is 13.3. The quantitative estimate of drug-likeness (QED) is 0.786. The molecule has 3 rings (SSSR count). The van der Waals surface area contributed by atoms with Gasteiger partial charge in [0, 0.05) is 30.1 Å². The van der Waals surface area contributed by atoms with Gasteiger partial charge in [-0.05, 0) is 49.8 Å². The predicted molar refractivity (Wildman–Crippen MR) is 104 cm³/mol. The van der Waals surface area contributed by atoms with Crippen molar-refractivity contribution in [2.24, 2.45) is 11.8 Å². The minimum atomic E-state index is -0.992. The molecule has 2 aromatic carbocycles. The lowest BCUT2D eigenvalue weighted by Gasteiger charge is -2.27. The summed E-state index contributed by atoms with van der Waals surface area (Å²) in [6.45, 7) is 0.597. The third-order valence-corrected chi connectivity index (χ3v) is 5.21. The average molecular weight is 386 g/mol. The molecule has 0 atom stereocenters. The Hall–Kier alpha value is -2.76. The summed E-state index contributed by atoms with van der Waals surface area (Å²) < 4.78 is 26.2. The van der Waals surface area contributed by atoms with E-state index in [-0.39, 0.29) is 29.3 Å². The van der Waals surface area contributed by atoms with Crippen LogP contribution in [0.1, 0.15) is 31.2 Å². The van der Waals surface area contributed by atoms with Crippen molar-refractivity contribution in [2.75, 3.05) is 11.9 Å². The molecule has 0 unspecified atom stereocenters. The van der Waals surface area contributed by atoms with Gasteiger partial charge in [0.15, 0.2) is 11.6 Å². The molecule has 2 N–H and O–H groups in total. The van der Waals surface area contributed by atoms with Crippen molar-refractivity contribution in [3.05, 3.63) is 65.7 Å². The fourth-order valence-electron chi connectivity index (χ4n) is 3.56. The van der Waals surface area contributed by atoms with Crippen molar-refractivity contribution < 1.29 is 18.4 Å². The summed E-state index contributed by atoms with van der Waals surface area (Å²) in [5.41, 5.74) is 1.42. The molecule has 1 saturated carbocycles. The van der Waals surface area contributed by atoms with Gasteiger partial charge >= 0.3 is 0 Å². The van der Waals surface area contributed by atoms with E-state index in [1.807, 2.05) is 30.3 Å². The SMILES string of the molecule is O=C(NCCc1ccccc1)C1CCC(C(=O)Nc2ccc(F)c(F)c2)CC1. The zero-order chi connectivity index (χ0) is 19.9. The van der Waals surface area contributed by atoms with Crippen molar-refractivity contribution in [1.82, 2.24) is 5.32 Å². The monoisotopic (exact) mass is 386 g/mol. The highest BCUT2D eigenvalue weighted by molar-refractivity contribution is 5.92. The zero-order valence-electron chi connectivity index (χ0n) is 15.6. The van der Waals surface area contributed by atoms with Gasteiger partial charge < -0.3 is 10.6 Å². The van der Waals surface area contributed by atoms with E-state index < -0.39 is 11.6 Å². The molecule has 2 amide bonds. The van der Waals surface area contributed by atoms with E-state index in [9.17, 15) is 18.4 Å². The maximum atomic E-state index is 13.3. The molecule has 0 aromatic heterocycles. The maximum absolute atomic E-state index is 13.3. The van der Waals surface area contributed by atoms with Gasteiger partial charge in [-0.3, -0.25) is 9.59 Å². The van der Waals surface area contributed by atoms with Gasteiger partial charge in [-0.15, -0.1) is 0 Å². The Morgan fingerprint density at radius 1 is 0.857 bits per heavy atom. The van der Waals surface area contributed by atoms with E-state index in [1.54, 1.807) is 0 Å². The Morgan fingerprint density at radius 3 is 2.14 bits per heavy atom. The van der Waals surface area contributed by atoms with Crippen LogP contribution in [0.25, 0.3) is 0 Å². The number of halogens is 2. The Kier molecular flexibility index (Phi) is 6.74. The number of amides is 2. The van der Waals surface area contributed by atoms with Crippen LogP contribution < -0.4 is 10.6 Å². The summed E-state index contributed by atoms with van der Waals surface area (Å²) in [5.74, 6) is -2.42. The van der Waals surface area contributed by atoms with Gasteiger partial charge in [0.1, 0.15) is 0 Å². The Balaban J connectivity index is 1.41. The van der Waals surface area contributed by atoms with E-state index in [0.29, 0.717) is 32.2 Å². The molecule has 148 valence electrons. The van der Waals surface area contributed by atoms with Gasteiger partial charge in [0.05, 0.1) is 0 Å². The molecule has 0 bridgehead atoms. The van der Waals surface area contributed by atoms with Crippen LogP contribution in [-0.2, 0) is 16.0 Å². The minimum absolute atomic E-state index is 0.0374.